The van der Waals surface area contributed by atoms with Gasteiger partial charge in [0.25, 0.3) is 5.91 Å². The van der Waals surface area contributed by atoms with Crippen molar-refractivity contribution in [3.8, 4) is 0 Å². The summed E-state index contributed by atoms with van der Waals surface area (Å²) in [5.41, 5.74) is 2.63. The fourth-order valence-corrected chi connectivity index (χ4v) is 3.85. The Labute approximate surface area is 159 Å². The van der Waals surface area contributed by atoms with Crippen molar-refractivity contribution in [1.29, 1.82) is 0 Å². The number of benzene rings is 1. The third kappa shape index (κ3) is 4.06. The number of fused-ring (bicyclic) bond motifs is 1. The van der Waals surface area contributed by atoms with Crippen LogP contribution in [0.25, 0.3) is 0 Å². The Hall–Kier alpha value is -2.60. The van der Waals surface area contributed by atoms with Gasteiger partial charge < -0.3 is 14.2 Å². The third-order valence-corrected chi connectivity index (χ3v) is 5.52. The highest BCUT2D eigenvalue weighted by atomic mass is 16.3. The molecule has 1 fully saturated rings. The smallest absolute Gasteiger partial charge is 0.289 e. The zero-order valence-corrected chi connectivity index (χ0v) is 15.5. The van der Waals surface area contributed by atoms with E-state index in [0.717, 1.165) is 39.1 Å². The van der Waals surface area contributed by atoms with Gasteiger partial charge in [0.15, 0.2) is 5.76 Å². The largest absolute Gasteiger partial charge is 0.459 e. The summed E-state index contributed by atoms with van der Waals surface area (Å²) in [6.07, 6.45) is 3.00. The Morgan fingerprint density at radius 2 is 1.67 bits per heavy atom. The molecule has 2 aliphatic rings. The van der Waals surface area contributed by atoms with Gasteiger partial charge in [-0.3, -0.25) is 14.5 Å². The maximum atomic E-state index is 12.6. The summed E-state index contributed by atoms with van der Waals surface area (Å²) in [6.45, 7) is 5.21. The van der Waals surface area contributed by atoms with E-state index in [9.17, 15) is 9.59 Å². The fraction of sp³-hybridized carbons (Fsp3) is 0.429. The first-order chi connectivity index (χ1) is 13.2. The molecule has 6 nitrogen and oxygen atoms in total. The van der Waals surface area contributed by atoms with Gasteiger partial charge in [-0.1, -0.05) is 24.3 Å². The first-order valence-electron chi connectivity index (χ1n) is 9.60. The Balaban J connectivity index is 1.22. The van der Waals surface area contributed by atoms with Crippen molar-refractivity contribution in [2.75, 3.05) is 39.3 Å². The predicted octanol–water partition coefficient (Wildman–Crippen LogP) is 2.01. The molecular weight excluding hydrogens is 342 g/mol. The van der Waals surface area contributed by atoms with E-state index in [1.807, 2.05) is 15.9 Å². The number of furan rings is 1. The van der Waals surface area contributed by atoms with Gasteiger partial charge in [-0.25, -0.2) is 0 Å². The first kappa shape index (κ1) is 17.8. The average Bonchev–Trinajstić information content (AvgIpc) is 3.26. The van der Waals surface area contributed by atoms with E-state index in [0.29, 0.717) is 25.3 Å². The molecule has 0 radical (unpaired) electrons. The molecule has 0 N–H and O–H groups in total. The van der Waals surface area contributed by atoms with E-state index in [4.69, 9.17) is 4.42 Å². The van der Waals surface area contributed by atoms with E-state index in [1.54, 1.807) is 12.1 Å². The van der Waals surface area contributed by atoms with E-state index in [2.05, 4.69) is 23.1 Å². The molecule has 0 aliphatic carbocycles. The molecule has 0 atom stereocenters. The average molecular weight is 367 g/mol. The summed E-state index contributed by atoms with van der Waals surface area (Å²) in [6, 6.07) is 11.8. The Kier molecular flexibility index (Phi) is 5.25. The molecule has 1 saturated heterocycles. The molecule has 2 aliphatic heterocycles. The van der Waals surface area contributed by atoms with Gasteiger partial charge in [0.05, 0.1) is 6.26 Å². The molecule has 1 aromatic heterocycles. The second kappa shape index (κ2) is 7.96. The minimum absolute atomic E-state index is 0.0530. The van der Waals surface area contributed by atoms with Crippen molar-refractivity contribution < 1.29 is 14.0 Å². The number of hydrogen-bond acceptors (Lipinski definition) is 4. The fourth-order valence-electron chi connectivity index (χ4n) is 3.85. The predicted molar refractivity (Wildman–Crippen MR) is 101 cm³/mol. The van der Waals surface area contributed by atoms with Gasteiger partial charge in [-0.15, -0.1) is 0 Å². The van der Waals surface area contributed by atoms with Crippen molar-refractivity contribution in [3.63, 3.8) is 0 Å². The molecule has 0 saturated carbocycles. The first-order valence-corrected chi connectivity index (χ1v) is 9.60. The maximum Gasteiger partial charge on any atom is 0.289 e. The highest BCUT2D eigenvalue weighted by Crippen LogP contribution is 2.19. The zero-order chi connectivity index (χ0) is 18.6. The van der Waals surface area contributed by atoms with Gasteiger partial charge in [0, 0.05) is 52.2 Å². The van der Waals surface area contributed by atoms with Crippen LogP contribution in [0.15, 0.2) is 47.1 Å². The summed E-state index contributed by atoms with van der Waals surface area (Å²) < 4.78 is 5.19. The van der Waals surface area contributed by atoms with Crippen LogP contribution < -0.4 is 0 Å². The molecular formula is C21H25N3O3. The van der Waals surface area contributed by atoms with Crippen LogP contribution in [0.3, 0.4) is 0 Å². The lowest BCUT2D eigenvalue weighted by atomic mass is 10.00. The lowest BCUT2D eigenvalue weighted by Crippen LogP contribution is -2.49. The Bertz CT molecular complexity index is 795. The van der Waals surface area contributed by atoms with E-state index < -0.39 is 0 Å². The molecule has 142 valence electrons. The zero-order valence-electron chi connectivity index (χ0n) is 15.5. The van der Waals surface area contributed by atoms with Gasteiger partial charge in [-0.05, 0) is 29.7 Å². The quantitative estimate of drug-likeness (QED) is 0.830. The van der Waals surface area contributed by atoms with Crippen LogP contribution in [0.4, 0.5) is 0 Å². The summed E-state index contributed by atoms with van der Waals surface area (Å²) >= 11 is 0. The number of hydrogen-bond donors (Lipinski definition) is 0. The molecule has 0 unspecified atom stereocenters. The number of amides is 2. The number of carbonyl (C=O) groups is 2. The summed E-state index contributed by atoms with van der Waals surface area (Å²) in [7, 11) is 0. The van der Waals surface area contributed by atoms with Gasteiger partial charge in [0.1, 0.15) is 0 Å². The van der Waals surface area contributed by atoms with Crippen LogP contribution in [0.1, 0.15) is 28.1 Å². The molecule has 0 spiro atoms. The SMILES string of the molecule is O=C(CCN1CCN(C(=O)c2ccco2)CC1)N1CCc2ccccc2C1. The Morgan fingerprint density at radius 3 is 2.41 bits per heavy atom. The minimum Gasteiger partial charge on any atom is -0.459 e. The van der Waals surface area contributed by atoms with Crippen LogP contribution in [0, 0.1) is 0 Å². The normalized spacial score (nSPS) is 17.6. The van der Waals surface area contributed by atoms with Crippen LogP contribution in [0.5, 0.6) is 0 Å². The van der Waals surface area contributed by atoms with Crippen LogP contribution >= 0.6 is 0 Å². The lowest BCUT2D eigenvalue weighted by molar-refractivity contribution is -0.132. The molecule has 0 bridgehead atoms. The van der Waals surface area contributed by atoms with Crippen LogP contribution in [-0.2, 0) is 17.8 Å². The molecule has 1 aromatic carbocycles. The van der Waals surface area contributed by atoms with Crippen LogP contribution in [0.2, 0.25) is 0 Å². The summed E-state index contributed by atoms with van der Waals surface area (Å²) in [5.74, 6) is 0.560. The standard InChI is InChI=1S/C21H25N3O3/c25-20(24-10-7-17-4-1-2-5-18(17)16-24)8-9-22-11-13-23(14-12-22)21(26)19-6-3-15-27-19/h1-6,15H,7-14,16H2. The monoisotopic (exact) mass is 367 g/mol. The van der Waals surface area contributed by atoms with Crippen molar-refractivity contribution in [2.45, 2.75) is 19.4 Å². The summed E-state index contributed by atoms with van der Waals surface area (Å²) in [5, 5.41) is 0. The number of nitrogens with zero attached hydrogens (tertiary/aromatic N) is 3. The lowest BCUT2D eigenvalue weighted by Gasteiger charge is -2.35. The van der Waals surface area contributed by atoms with Gasteiger partial charge in [0.2, 0.25) is 5.91 Å². The van der Waals surface area contributed by atoms with E-state index >= 15 is 0 Å². The molecule has 2 amide bonds. The second-order valence-electron chi connectivity index (χ2n) is 7.20. The number of piperazine rings is 1. The van der Waals surface area contributed by atoms with Crippen molar-refractivity contribution in [1.82, 2.24) is 14.7 Å². The van der Waals surface area contributed by atoms with Crippen molar-refractivity contribution in [3.05, 3.63) is 59.5 Å². The van der Waals surface area contributed by atoms with Crippen molar-refractivity contribution in [2.24, 2.45) is 0 Å². The molecule has 6 heteroatoms. The van der Waals surface area contributed by atoms with E-state index in [-0.39, 0.29) is 11.8 Å². The minimum atomic E-state index is -0.0530. The second-order valence-corrected chi connectivity index (χ2v) is 7.20. The topological polar surface area (TPSA) is 57.0 Å². The molecule has 4 rings (SSSR count). The number of carbonyl (C=O) groups excluding carboxylic acids is 2. The maximum absolute atomic E-state index is 12.6. The van der Waals surface area contributed by atoms with Gasteiger partial charge in [-0.2, -0.15) is 0 Å². The third-order valence-electron chi connectivity index (χ3n) is 5.52. The van der Waals surface area contributed by atoms with Gasteiger partial charge >= 0.3 is 0 Å². The highest BCUT2D eigenvalue weighted by Gasteiger charge is 2.25. The molecule has 3 heterocycles. The highest BCUT2D eigenvalue weighted by molar-refractivity contribution is 5.91. The number of rotatable bonds is 4. The van der Waals surface area contributed by atoms with Crippen molar-refractivity contribution >= 4 is 11.8 Å². The Morgan fingerprint density at radius 1 is 0.889 bits per heavy atom. The molecule has 27 heavy (non-hydrogen) atoms. The molecule has 2 aromatic rings. The summed E-state index contributed by atoms with van der Waals surface area (Å²) in [4.78, 5) is 30.9. The van der Waals surface area contributed by atoms with E-state index in [1.165, 1.54) is 17.4 Å². The van der Waals surface area contributed by atoms with Crippen LogP contribution in [-0.4, -0.2) is 65.8 Å².